The molecule has 1 saturated heterocycles. The van der Waals surface area contributed by atoms with Gasteiger partial charge in [0.1, 0.15) is 17.8 Å². The summed E-state index contributed by atoms with van der Waals surface area (Å²) in [6, 6.07) is 4.81. The number of rotatable bonds is 4. The van der Waals surface area contributed by atoms with Crippen molar-refractivity contribution in [1.29, 1.82) is 5.26 Å². The second-order valence-electron chi connectivity index (χ2n) is 6.76. The number of aromatic amines is 1. The molecule has 2 aromatic rings. The zero-order chi connectivity index (χ0) is 18.1. The lowest BCUT2D eigenvalue weighted by Gasteiger charge is -2.31. The molecule has 4 rings (SSSR count). The van der Waals surface area contributed by atoms with Crippen molar-refractivity contribution in [2.75, 3.05) is 25.0 Å². The first-order valence-electron chi connectivity index (χ1n) is 8.95. The van der Waals surface area contributed by atoms with Gasteiger partial charge in [0, 0.05) is 43.9 Å². The Balaban J connectivity index is 1.50. The van der Waals surface area contributed by atoms with E-state index in [-0.39, 0.29) is 5.92 Å². The monoisotopic (exact) mass is 366 g/mol. The van der Waals surface area contributed by atoms with Crippen LogP contribution in [0.5, 0.6) is 0 Å². The molecule has 0 saturated carbocycles. The van der Waals surface area contributed by atoms with E-state index in [0.29, 0.717) is 6.04 Å². The van der Waals surface area contributed by atoms with Crippen LogP contribution in [0.2, 0.25) is 0 Å². The van der Waals surface area contributed by atoms with Gasteiger partial charge >= 0.3 is 0 Å². The summed E-state index contributed by atoms with van der Waals surface area (Å²) < 4.78 is 0. The van der Waals surface area contributed by atoms with Crippen LogP contribution in [-0.2, 0) is 0 Å². The smallest absolute Gasteiger partial charge is 0.142 e. The largest absolute Gasteiger partial charge is 0.365 e. The topological polar surface area (TPSA) is 71.8 Å². The van der Waals surface area contributed by atoms with Crippen LogP contribution in [-0.4, -0.2) is 46.0 Å². The quantitative estimate of drug-likeness (QED) is 0.893. The highest BCUT2D eigenvalue weighted by Crippen LogP contribution is 2.36. The predicted molar refractivity (Wildman–Crippen MR) is 105 cm³/mol. The van der Waals surface area contributed by atoms with E-state index in [9.17, 15) is 5.26 Å². The number of allylic oxidation sites excluding steroid dienone is 2. The van der Waals surface area contributed by atoms with E-state index in [1.54, 1.807) is 18.1 Å². The first kappa shape index (κ1) is 17.0. The SMILES string of the molecule is CCC1C=C(N(C)[C@@H]2CCN(c3ncnc4[nH]ccc34)C2)SC=C1C#N. The van der Waals surface area contributed by atoms with Crippen LogP contribution in [0.25, 0.3) is 11.0 Å². The van der Waals surface area contributed by atoms with Gasteiger partial charge in [0.25, 0.3) is 0 Å². The molecule has 1 N–H and O–H groups in total. The van der Waals surface area contributed by atoms with Gasteiger partial charge in [-0.2, -0.15) is 5.26 Å². The highest BCUT2D eigenvalue weighted by molar-refractivity contribution is 8.05. The molecule has 4 heterocycles. The van der Waals surface area contributed by atoms with Crippen molar-refractivity contribution in [2.45, 2.75) is 25.8 Å². The summed E-state index contributed by atoms with van der Waals surface area (Å²) in [7, 11) is 2.16. The molecule has 134 valence electrons. The third-order valence-electron chi connectivity index (χ3n) is 5.31. The van der Waals surface area contributed by atoms with Crippen LogP contribution >= 0.6 is 11.8 Å². The van der Waals surface area contributed by atoms with Gasteiger partial charge in [-0.05, 0) is 30.4 Å². The van der Waals surface area contributed by atoms with Crippen molar-refractivity contribution in [3.63, 3.8) is 0 Å². The molecule has 2 aliphatic rings. The number of fused-ring (bicyclic) bond motifs is 1. The van der Waals surface area contributed by atoms with Crippen molar-refractivity contribution < 1.29 is 0 Å². The zero-order valence-corrected chi connectivity index (χ0v) is 15.8. The second-order valence-corrected chi connectivity index (χ2v) is 7.65. The van der Waals surface area contributed by atoms with Gasteiger partial charge in [-0.3, -0.25) is 0 Å². The van der Waals surface area contributed by atoms with E-state index in [2.05, 4.69) is 50.9 Å². The van der Waals surface area contributed by atoms with Crippen LogP contribution in [0.4, 0.5) is 5.82 Å². The standard InChI is InChI=1S/C19H22N6S/c1-3-13-8-17(26-11-14(13)9-20)24(2)15-5-7-25(10-15)19-16-4-6-21-18(16)22-12-23-19/h4,6,8,11-13,15H,3,5,7,10H2,1-2H3,(H,21,22,23)/t13?,15-/m1/s1. The van der Waals surface area contributed by atoms with Crippen LogP contribution in [0.1, 0.15) is 19.8 Å². The van der Waals surface area contributed by atoms with E-state index in [0.717, 1.165) is 48.4 Å². The molecule has 0 bridgehead atoms. The van der Waals surface area contributed by atoms with Gasteiger partial charge in [0.2, 0.25) is 0 Å². The maximum Gasteiger partial charge on any atom is 0.142 e. The molecule has 0 radical (unpaired) electrons. The fraction of sp³-hybridized carbons (Fsp3) is 0.421. The Kier molecular flexibility index (Phi) is 4.60. The molecule has 1 unspecified atom stereocenters. The lowest BCUT2D eigenvalue weighted by Crippen LogP contribution is -2.34. The van der Waals surface area contributed by atoms with Gasteiger partial charge in [0.15, 0.2) is 0 Å². The van der Waals surface area contributed by atoms with Gasteiger partial charge in [-0.25, -0.2) is 9.97 Å². The minimum atomic E-state index is 0.234. The maximum atomic E-state index is 9.26. The minimum absolute atomic E-state index is 0.234. The number of thioether (sulfide) groups is 1. The van der Waals surface area contributed by atoms with Gasteiger partial charge in [0.05, 0.1) is 16.5 Å². The molecule has 0 aromatic carbocycles. The summed E-state index contributed by atoms with van der Waals surface area (Å²) >= 11 is 1.66. The van der Waals surface area contributed by atoms with E-state index in [4.69, 9.17) is 0 Å². The molecule has 0 amide bonds. The fourth-order valence-electron chi connectivity index (χ4n) is 3.70. The van der Waals surface area contributed by atoms with Gasteiger partial charge in [-0.15, -0.1) is 0 Å². The van der Waals surface area contributed by atoms with Crippen molar-refractivity contribution in [2.24, 2.45) is 5.92 Å². The molecular weight excluding hydrogens is 344 g/mol. The molecule has 1 fully saturated rings. The normalized spacial score (nSPS) is 22.9. The van der Waals surface area contributed by atoms with Crippen LogP contribution in [0, 0.1) is 17.2 Å². The summed E-state index contributed by atoms with van der Waals surface area (Å²) in [5, 5.41) is 13.6. The summed E-state index contributed by atoms with van der Waals surface area (Å²) in [6.45, 7) is 4.06. The Morgan fingerprint density at radius 2 is 2.35 bits per heavy atom. The molecule has 0 aliphatic carbocycles. The number of aromatic nitrogens is 3. The van der Waals surface area contributed by atoms with E-state index >= 15 is 0 Å². The van der Waals surface area contributed by atoms with E-state index in [1.165, 1.54) is 5.03 Å². The average Bonchev–Trinajstić information content (AvgIpc) is 3.36. The molecule has 0 spiro atoms. The second kappa shape index (κ2) is 7.04. The third-order valence-corrected chi connectivity index (χ3v) is 6.35. The number of hydrogen-bond donors (Lipinski definition) is 1. The number of nitrogens with one attached hydrogen (secondary N) is 1. The first-order chi connectivity index (χ1) is 12.7. The van der Waals surface area contributed by atoms with Gasteiger partial charge in [-0.1, -0.05) is 18.7 Å². The van der Waals surface area contributed by atoms with Crippen molar-refractivity contribution in [1.82, 2.24) is 19.9 Å². The highest BCUT2D eigenvalue weighted by Gasteiger charge is 2.30. The molecule has 26 heavy (non-hydrogen) atoms. The van der Waals surface area contributed by atoms with Gasteiger partial charge < -0.3 is 14.8 Å². The minimum Gasteiger partial charge on any atom is -0.365 e. The molecule has 2 atom stereocenters. The zero-order valence-electron chi connectivity index (χ0n) is 15.0. The Morgan fingerprint density at radius 3 is 3.15 bits per heavy atom. The Hall–Kier alpha value is -2.46. The van der Waals surface area contributed by atoms with Crippen molar-refractivity contribution in [3.8, 4) is 6.07 Å². The van der Waals surface area contributed by atoms with E-state index in [1.807, 2.05) is 17.7 Å². The number of nitriles is 1. The fourth-order valence-corrected chi connectivity index (χ4v) is 4.73. The molecule has 6 nitrogen and oxygen atoms in total. The Morgan fingerprint density at radius 1 is 1.46 bits per heavy atom. The number of likely N-dealkylation sites (N-methyl/N-ethyl adjacent to an activating group) is 1. The summed E-state index contributed by atoms with van der Waals surface area (Å²) in [5.74, 6) is 1.24. The van der Waals surface area contributed by atoms with E-state index < -0.39 is 0 Å². The molecule has 7 heteroatoms. The molecular formula is C19H22N6S. The van der Waals surface area contributed by atoms with Crippen LogP contribution in [0.3, 0.4) is 0 Å². The van der Waals surface area contributed by atoms with Crippen molar-refractivity contribution >= 4 is 28.6 Å². The predicted octanol–water partition coefficient (Wildman–Crippen LogP) is 3.49. The van der Waals surface area contributed by atoms with Crippen LogP contribution in [0.15, 0.2) is 40.7 Å². The number of nitrogens with zero attached hydrogens (tertiary/aromatic N) is 5. The Labute approximate surface area is 157 Å². The highest BCUT2D eigenvalue weighted by atomic mass is 32.2. The molecule has 2 aliphatic heterocycles. The summed E-state index contributed by atoms with van der Waals surface area (Å²) in [6.07, 6.45) is 7.85. The lowest BCUT2D eigenvalue weighted by atomic mass is 9.98. The number of H-pyrrole nitrogens is 1. The van der Waals surface area contributed by atoms with Crippen LogP contribution < -0.4 is 4.90 Å². The number of hydrogen-bond acceptors (Lipinski definition) is 6. The number of anilines is 1. The summed E-state index contributed by atoms with van der Waals surface area (Å²) in [4.78, 5) is 16.7. The Bertz CT molecular complexity index is 908. The summed E-state index contributed by atoms with van der Waals surface area (Å²) in [5.41, 5.74) is 1.76. The maximum absolute atomic E-state index is 9.26. The van der Waals surface area contributed by atoms with Crippen molar-refractivity contribution in [3.05, 3.63) is 40.7 Å². The first-order valence-corrected chi connectivity index (χ1v) is 9.83. The molecule has 2 aromatic heterocycles. The average molecular weight is 366 g/mol. The third kappa shape index (κ3) is 2.95. The lowest BCUT2D eigenvalue weighted by molar-refractivity contribution is 0.342.